The van der Waals surface area contributed by atoms with Crippen molar-refractivity contribution in [2.75, 3.05) is 19.1 Å². The minimum Gasteiger partial charge on any atom is -0.497 e. The van der Waals surface area contributed by atoms with E-state index in [1.54, 1.807) is 38.5 Å². The van der Waals surface area contributed by atoms with Gasteiger partial charge < -0.3 is 19.7 Å². The van der Waals surface area contributed by atoms with Crippen molar-refractivity contribution in [2.45, 2.75) is 32.4 Å². The summed E-state index contributed by atoms with van der Waals surface area (Å²) < 4.78 is 10.4. The Morgan fingerprint density at radius 3 is 2.42 bits per heavy atom. The molecule has 33 heavy (non-hydrogen) atoms. The predicted molar refractivity (Wildman–Crippen MR) is 128 cm³/mol. The van der Waals surface area contributed by atoms with Gasteiger partial charge in [0.1, 0.15) is 11.5 Å². The maximum Gasteiger partial charge on any atom is 0.258 e. The Morgan fingerprint density at radius 1 is 0.939 bits per heavy atom. The van der Waals surface area contributed by atoms with Gasteiger partial charge in [-0.2, -0.15) is 0 Å². The number of benzene rings is 3. The van der Waals surface area contributed by atoms with Crippen molar-refractivity contribution >= 4 is 17.5 Å². The molecule has 170 valence electrons. The monoisotopic (exact) mass is 444 g/mol. The fourth-order valence-corrected chi connectivity index (χ4v) is 4.18. The average Bonchev–Trinajstić information content (AvgIpc) is 3.17. The number of methoxy groups -OCH3 is 2. The molecule has 4 rings (SSSR count). The van der Waals surface area contributed by atoms with Crippen LogP contribution in [-0.4, -0.2) is 32.1 Å². The third-order valence-electron chi connectivity index (χ3n) is 5.91. The van der Waals surface area contributed by atoms with Crippen LogP contribution in [0.5, 0.6) is 11.5 Å². The van der Waals surface area contributed by atoms with Crippen LogP contribution in [0.3, 0.4) is 0 Å². The van der Waals surface area contributed by atoms with Gasteiger partial charge in [-0.05, 0) is 72.5 Å². The summed E-state index contributed by atoms with van der Waals surface area (Å²) in [5.41, 5.74) is 4.51. The molecule has 1 N–H and O–H groups in total. The van der Waals surface area contributed by atoms with Gasteiger partial charge in [-0.3, -0.25) is 9.59 Å². The molecule has 0 saturated heterocycles. The van der Waals surface area contributed by atoms with Crippen LogP contribution in [0.25, 0.3) is 0 Å². The minimum absolute atomic E-state index is 0.0388. The Bertz CT molecular complexity index is 1160. The maximum atomic E-state index is 13.3. The summed E-state index contributed by atoms with van der Waals surface area (Å²) in [5, 5.41) is 2.98. The van der Waals surface area contributed by atoms with Crippen LogP contribution >= 0.6 is 0 Å². The Morgan fingerprint density at radius 2 is 1.70 bits per heavy atom. The van der Waals surface area contributed by atoms with E-state index in [2.05, 4.69) is 18.3 Å². The van der Waals surface area contributed by atoms with E-state index in [0.29, 0.717) is 17.9 Å². The van der Waals surface area contributed by atoms with Crippen molar-refractivity contribution in [3.8, 4) is 11.5 Å². The number of hydrogen-bond acceptors (Lipinski definition) is 4. The van der Waals surface area contributed by atoms with Gasteiger partial charge in [0.2, 0.25) is 5.91 Å². The first kappa shape index (κ1) is 22.4. The largest absolute Gasteiger partial charge is 0.497 e. The second-order valence-electron chi connectivity index (χ2n) is 8.22. The molecule has 0 aromatic heterocycles. The van der Waals surface area contributed by atoms with E-state index in [9.17, 15) is 9.59 Å². The summed E-state index contributed by atoms with van der Waals surface area (Å²) in [7, 11) is 3.21. The molecule has 6 heteroatoms. The molecule has 1 atom stereocenters. The van der Waals surface area contributed by atoms with Gasteiger partial charge in [-0.1, -0.05) is 24.3 Å². The summed E-state index contributed by atoms with van der Waals surface area (Å²) in [6.45, 7) is 2.45. The second kappa shape index (κ2) is 9.77. The number of nitrogens with zero attached hydrogens (tertiary/aromatic N) is 1. The topological polar surface area (TPSA) is 67.9 Å². The first-order valence-electron chi connectivity index (χ1n) is 11.0. The summed E-state index contributed by atoms with van der Waals surface area (Å²) in [5.74, 6) is 1.34. The SMILES string of the molecule is COc1ccc(C(=O)N2c3cc(CNC(=O)Cc4cccc(OC)c4)ccc3CC2C)cc1. The van der Waals surface area contributed by atoms with E-state index in [0.717, 1.165) is 34.5 Å². The highest BCUT2D eigenvalue weighted by molar-refractivity contribution is 6.07. The fourth-order valence-electron chi connectivity index (χ4n) is 4.18. The van der Waals surface area contributed by atoms with Crippen LogP contribution in [0.1, 0.15) is 34.0 Å². The van der Waals surface area contributed by atoms with Gasteiger partial charge in [0, 0.05) is 23.8 Å². The number of nitrogens with one attached hydrogen (secondary N) is 1. The lowest BCUT2D eigenvalue weighted by molar-refractivity contribution is -0.120. The predicted octanol–water partition coefficient (Wildman–Crippen LogP) is 4.15. The van der Waals surface area contributed by atoms with Crippen molar-refractivity contribution in [3.05, 3.63) is 89.0 Å². The molecule has 6 nitrogen and oxygen atoms in total. The maximum absolute atomic E-state index is 13.3. The summed E-state index contributed by atoms with van der Waals surface area (Å²) in [6, 6.07) is 20.8. The lowest BCUT2D eigenvalue weighted by Crippen LogP contribution is -2.35. The highest BCUT2D eigenvalue weighted by Crippen LogP contribution is 2.34. The molecule has 0 bridgehead atoms. The molecule has 1 unspecified atom stereocenters. The number of hydrogen-bond donors (Lipinski definition) is 1. The third kappa shape index (κ3) is 5.00. The van der Waals surface area contributed by atoms with Crippen molar-refractivity contribution < 1.29 is 19.1 Å². The van der Waals surface area contributed by atoms with Crippen molar-refractivity contribution in [1.29, 1.82) is 0 Å². The molecule has 3 aromatic carbocycles. The smallest absolute Gasteiger partial charge is 0.258 e. The highest BCUT2D eigenvalue weighted by Gasteiger charge is 2.31. The standard InChI is InChI=1S/C27H28N2O4/c1-18-13-22-8-7-20(17-28-26(30)16-19-5-4-6-24(14-19)33-3)15-25(22)29(18)27(31)21-9-11-23(32-2)12-10-21/h4-12,14-15,18H,13,16-17H2,1-3H3,(H,28,30). The van der Waals surface area contributed by atoms with Gasteiger partial charge in [-0.15, -0.1) is 0 Å². The number of amides is 2. The zero-order chi connectivity index (χ0) is 23.4. The van der Waals surface area contributed by atoms with E-state index in [-0.39, 0.29) is 24.3 Å². The molecule has 0 aliphatic carbocycles. The summed E-state index contributed by atoms with van der Waals surface area (Å²) in [4.78, 5) is 27.6. The third-order valence-corrected chi connectivity index (χ3v) is 5.91. The molecule has 3 aromatic rings. The van der Waals surface area contributed by atoms with Crippen LogP contribution < -0.4 is 19.7 Å². The lowest BCUT2D eigenvalue weighted by Gasteiger charge is -2.23. The van der Waals surface area contributed by atoms with Crippen molar-refractivity contribution in [1.82, 2.24) is 5.32 Å². The Hall–Kier alpha value is -3.80. The van der Waals surface area contributed by atoms with Gasteiger partial charge in [0.05, 0.1) is 20.6 Å². The molecule has 0 spiro atoms. The van der Waals surface area contributed by atoms with Crippen molar-refractivity contribution in [3.63, 3.8) is 0 Å². The van der Waals surface area contributed by atoms with Crippen LogP contribution in [0.15, 0.2) is 66.7 Å². The zero-order valence-electron chi connectivity index (χ0n) is 19.1. The van der Waals surface area contributed by atoms with Gasteiger partial charge in [-0.25, -0.2) is 0 Å². The minimum atomic E-state index is -0.0664. The molecule has 2 amide bonds. The summed E-state index contributed by atoms with van der Waals surface area (Å²) in [6.07, 6.45) is 1.08. The number of carbonyl (C=O) groups excluding carboxylic acids is 2. The van der Waals surface area contributed by atoms with Crippen LogP contribution in [-0.2, 0) is 24.2 Å². The van der Waals surface area contributed by atoms with E-state index < -0.39 is 0 Å². The van der Waals surface area contributed by atoms with E-state index in [1.807, 2.05) is 41.3 Å². The number of rotatable bonds is 7. The van der Waals surface area contributed by atoms with E-state index >= 15 is 0 Å². The lowest BCUT2D eigenvalue weighted by atomic mass is 10.1. The molecule has 1 aliphatic rings. The summed E-state index contributed by atoms with van der Waals surface area (Å²) >= 11 is 0. The molecular formula is C27H28N2O4. The first-order valence-corrected chi connectivity index (χ1v) is 11.0. The second-order valence-corrected chi connectivity index (χ2v) is 8.22. The molecule has 0 saturated carbocycles. The quantitative estimate of drug-likeness (QED) is 0.594. The number of carbonyl (C=O) groups is 2. The first-order chi connectivity index (χ1) is 16.0. The number of fused-ring (bicyclic) bond motifs is 1. The Balaban J connectivity index is 1.45. The Kier molecular flexibility index (Phi) is 6.63. The zero-order valence-corrected chi connectivity index (χ0v) is 19.1. The molecular weight excluding hydrogens is 416 g/mol. The number of ether oxygens (including phenoxy) is 2. The molecule has 0 fully saturated rings. The average molecular weight is 445 g/mol. The van der Waals surface area contributed by atoms with Crippen LogP contribution in [0.2, 0.25) is 0 Å². The van der Waals surface area contributed by atoms with Gasteiger partial charge >= 0.3 is 0 Å². The molecule has 0 radical (unpaired) electrons. The highest BCUT2D eigenvalue weighted by atomic mass is 16.5. The van der Waals surface area contributed by atoms with E-state index in [1.165, 1.54) is 0 Å². The fraction of sp³-hybridized carbons (Fsp3) is 0.259. The van der Waals surface area contributed by atoms with Gasteiger partial charge in [0.15, 0.2) is 0 Å². The van der Waals surface area contributed by atoms with E-state index in [4.69, 9.17) is 9.47 Å². The van der Waals surface area contributed by atoms with Crippen LogP contribution in [0.4, 0.5) is 5.69 Å². The molecule has 1 aliphatic heterocycles. The number of anilines is 1. The normalized spacial score (nSPS) is 14.5. The van der Waals surface area contributed by atoms with Crippen molar-refractivity contribution in [2.24, 2.45) is 0 Å². The Labute approximate surface area is 194 Å². The van der Waals surface area contributed by atoms with Gasteiger partial charge in [0.25, 0.3) is 5.91 Å². The molecule has 1 heterocycles. The van der Waals surface area contributed by atoms with Crippen LogP contribution in [0, 0.1) is 0 Å².